The molecule has 0 aliphatic carbocycles. The minimum atomic E-state index is 0. The van der Waals surface area contributed by atoms with Crippen LogP contribution in [0.5, 0.6) is 0 Å². The molecule has 0 amide bonds. The maximum absolute atomic E-state index is 4.42. The third-order valence-corrected chi connectivity index (χ3v) is 3.21. The minimum absolute atomic E-state index is 0. The molecular weight excluding hydrogens is 230 g/mol. The highest BCUT2D eigenvalue weighted by Crippen LogP contribution is 2.18. The lowest BCUT2D eigenvalue weighted by Crippen LogP contribution is -2.26. The zero-order chi connectivity index (χ0) is 10.6. The first-order chi connectivity index (χ1) is 6.63. The fraction of sp³-hybridized carbons (Fsp3) is 0.700. The van der Waals surface area contributed by atoms with Crippen molar-refractivity contribution < 1.29 is 0 Å². The van der Waals surface area contributed by atoms with E-state index >= 15 is 0 Å². The Morgan fingerprint density at radius 2 is 2.07 bits per heavy atom. The lowest BCUT2D eigenvalue weighted by Gasteiger charge is -2.15. The Morgan fingerprint density at radius 1 is 1.40 bits per heavy atom. The van der Waals surface area contributed by atoms with Gasteiger partial charge in [-0.1, -0.05) is 0 Å². The Labute approximate surface area is 102 Å². The van der Waals surface area contributed by atoms with Gasteiger partial charge in [0.15, 0.2) is 0 Å². The zero-order valence-corrected chi connectivity index (χ0v) is 11.5. The molecule has 0 fully saturated rings. The second-order valence-electron chi connectivity index (χ2n) is 3.58. The van der Waals surface area contributed by atoms with Crippen molar-refractivity contribution in [2.24, 2.45) is 0 Å². The standard InChI is InChI=1S/C10H19N3S.ClH/c1-8-10(14-9(2)12-8)7-13(4)6-5-11-3;/h11H,5-7H2,1-4H3;1H. The van der Waals surface area contributed by atoms with E-state index in [0.29, 0.717) is 0 Å². The summed E-state index contributed by atoms with van der Waals surface area (Å²) in [6, 6.07) is 0. The number of hydrogen-bond donors (Lipinski definition) is 1. The summed E-state index contributed by atoms with van der Waals surface area (Å²) < 4.78 is 0. The van der Waals surface area contributed by atoms with Crippen molar-refractivity contribution in [3.05, 3.63) is 15.6 Å². The second-order valence-corrected chi connectivity index (χ2v) is 4.87. The van der Waals surface area contributed by atoms with Gasteiger partial charge in [-0.05, 0) is 27.9 Å². The van der Waals surface area contributed by atoms with Crippen LogP contribution in [0.3, 0.4) is 0 Å². The van der Waals surface area contributed by atoms with E-state index in [1.165, 1.54) is 15.6 Å². The molecule has 0 saturated heterocycles. The third-order valence-electron chi connectivity index (χ3n) is 2.16. The molecule has 0 saturated carbocycles. The average molecular weight is 250 g/mol. The Bertz CT molecular complexity index is 288. The summed E-state index contributed by atoms with van der Waals surface area (Å²) in [5, 5.41) is 4.32. The van der Waals surface area contributed by atoms with Gasteiger partial charge in [-0.15, -0.1) is 23.7 Å². The fourth-order valence-corrected chi connectivity index (χ4v) is 2.36. The van der Waals surface area contributed by atoms with Crippen LogP contribution in [-0.2, 0) is 6.54 Å². The molecule has 1 rings (SSSR count). The first-order valence-corrected chi connectivity index (χ1v) is 5.71. The summed E-state index contributed by atoms with van der Waals surface area (Å²) >= 11 is 1.80. The molecule has 0 unspecified atom stereocenters. The van der Waals surface area contributed by atoms with Crippen molar-refractivity contribution in [3.63, 3.8) is 0 Å². The number of aromatic nitrogens is 1. The molecular formula is C10H20ClN3S. The molecule has 0 aliphatic heterocycles. The van der Waals surface area contributed by atoms with Crippen molar-refractivity contribution in [2.75, 3.05) is 27.2 Å². The van der Waals surface area contributed by atoms with Gasteiger partial charge in [-0.2, -0.15) is 0 Å². The Morgan fingerprint density at radius 3 is 2.53 bits per heavy atom. The van der Waals surface area contributed by atoms with E-state index < -0.39 is 0 Å². The number of halogens is 1. The number of thiazole rings is 1. The lowest BCUT2D eigenvalue weighted by molar-refractivity contribution is 0.330. The van der Waals surface area contributed by atoms with Gasteiger partial charge >= 0.3 is 0 Å². The Kier molecular flexibility index (Phi) is 7.09. The number of likely N-dealkylation sites (N-methyl/N-ethyl adjacent to an activating group) is 2. The summed E-state index contributed by atoms with van der Waals surface area (Å²) in [5.41, 5.74) is 1.18. The summed E-state index contributed by atoms with van der Waals surface area (Å²) in [5.74, 6) is 0. The molecule has 88 valence electrons. The van der Waals surface area contributed by atoms with Crippen LogP contribution in [0.4, 0.5) is 0 Å². The number of aryl methyl sites for hydroxylation is 2. The van der Waals surface area contributed by atoms with Crippen LogP contribution >= 0.6 is 23.7 Å². The van der Waals surface area contributed by atoms with Crippen LogP contribution in [0.15, 0.2) is 0 Å². The van der Waals surface area contributed by atoms with E-state index in [4.69, 9.17) is 0 Å². The first kappa shape index (κ1) is 14.8. The zero-order valence-electron chi connectivity index (χ0n) is 9.83. The number of rotatable bonds is 5. The van der Waals surface area contributed by atoms with Gasteiger partial charge in [-0.3, -0.25) is 4.90 Å². The van der Waals surface area contributed by atoms with E-state index in [1.54, 1.807) is 11.3 Å². The van der Waals surface area contributed by atoms with Crippen molar-refractivity contribution in [3.8, 4) is 0 Å². The van der Waals surface area contributed by atoms with E-state index in [-0.39, 0.29) is 12.4 Å². The molecule has 1 heterocycles. The second kappa shape index (κ2) is 7.17. The van der Waals surface area contributed by atoms with Gasteiger partial charge in [0.1, 0.15) is 0 Å². The van der Waals surface area contributed by atoms with Crippen LogP contribution in [-0.4, -0.2) is 37.1 Å². The summed E-state index contributed by atoms with van der Waals surface area (Å²) in [7, 11) is 4.13. The largest absolute Gasteiger partial charge is 0.318 e. The predicted molar refractivity (Wildman–Crippen MR) is 69.1 cm³/mol. The Balaban J connectivity index is 0.00000196. The van der Waals surface area contributed by atoms with E-state index in [9.17, 15) is 0 Å². The highest BCUT2D eigenvalue weighted by Gasteiger charge is 2.06. The van der Waals surface area contributed by atoms with Crippen LogP contribution in [0.25, 0.3) is 0 Å². The topological polar surface area (TPSA) is 28.2 Å². The Hall–Kier alpha value is -0.160. The van der Waals surface area contributed by atoms with Gasteiger partial charge < -0.3 is 5.32 Å². The van der Waals surface area contributed by atoms with Gasteiger partial charge in [0.25, 0.3) is 0 Å². The van der Waals surface area contributed by atoms with Gasteiger partial charge in [-0.25, -0.2) is 4.98 Å². The maximum atomic E-state index is 4.42. The molecule has 1 aromatic heterocycles. The summed E-state index contributed by atoms with van der Waals surface area (Å²) in [4.78, 5) is 8.13. The minimum Gasteiger partial charge on any atom is -0.318 e. The highest BCUT2D eigenvalue weighted by molar-refractivity contribution is 7.11. The number of nitrogens with zero attached hydrogens (tertiary/aromatic N) is 2. The molecule has 0 aliphatic rings. The van der Waals surface area contributed by atoms with Crippen molar-refractivity contribution in [2.45, 2.75) is 20.4 Å². The summed E-state index contributed by atoms with van der Waals surface area (Å²) in [6.45, 7) is 7.28. The average Bonchev–Trinajstić information content (AvgIpc) is 2.42. The predicted octanol–water partition coefficient (Wildman–Crippen LogP) is 1.83. The van der Waals surface area contributed by atoms with Crippen LogP contribution in [0, 0.1) is 13.8 Å². The molecule has 15 heavy (non-hydrogen) atoms. The van der Waals surface area contributed by atoms with Gasteiger partial charge in [0.05, 0.1) is 10.7 Å². The SMILES string of the molecule is CNCCN(C)Cc1sc(C)nc1C.Cl. The number of hydrogen-bond acceptors (Lipinski definition) is 4. The first-order valence-electron chi connectivity index (χ1n) is 4.89. The van der Waals surface area contributed by atoms with Crippen molar-refractivity contribution in [1.82, 2.24) is 15.2 Å². The quantitative estimate of drug-likeness (QED) is 0.863. The fourth-order valence-electron chi connectivity index (χ4n) is 1.35. The molecule has 0 spiro atoms. The normalized spacial score (nSPS) is 10.5. The summed E-state index contributed by atoms with van der Waals surface area (Å²) in [6.07, 6.45) is 0. The lowest BCUT2D eigenvalue weighted by atomic mass is 10.3. The van der Waals surface area contributed by atoms with E-state index in [1.807, 2.05) is 7.05 Å². The smallest absolute Gasteiger partial charge is 0.0900 e. The van der Waals surface area contributed by atoms with Crippen molar-refractivity contribution in [1.29, 1.82) is 0 Å². The molecule has 0 atom stereocenters. The van der Waals surface area contributed by atoms with Crippen LogP contribution in [0.1, 0.15) is 15.6 Å². The molecule has 0 aromatic carbocycles. The third kappa shape index (κ3) is 4.93. The monoisotopic (exact) mass is 249 g/mol. The van der Waals surface area contributed by atoms with Crippen LogP contribution < -0.4 is 5.32 Å². The van der Waals surface area contributed by atoms with Gasteiger partial charge in [0.2, 0.25) is 0 Å². The molecule has 1 aromatic rings. The van der Waals surface area contributed by atoms with E-state index in [2.05, 4.69) is 36.1 Å². The highest BCUT2D eigenvalue weighted by atomic mass is 35.5. The molecule has 0 bridgehead atoms. The van der Waals surface area contributed by atoms with Crippen LogP contribution in [0.2, 0.25) is 0 Å². The maximum Gasteiger partial charge on any atom is 0.0900 e. The van der Waals surface area contributed by atoms with E-state index in [0.717, 1.165) is 19.6 Å². The molecule has 5 heteroatoms. The number of nitrogens with one attached hydrogen (secondary N) is 1. The van der Waals surface area contributed by atoms with Gasteiger partial charge in [0, 0.05) is 24.5 Å². The molecule has 0 radical (unpaired) electrons. The molecule has 3 nitrogen and oxygen atoms in total. The molecule has 1 N–H and O–H groups in total. The van der Waals surface area contributed by atoms with Crippen molar-refractivity contribution >= 4 is 23.7 Å².